The second kappa shape index (κ2) is 6.18. The Bertz CT molecular complexity index is 295. The quantitative estimate of drug-likeness (QED) is 0.778. The third-order valence-corrected chi connectivity index (χ3v) is 1.79. The Labute approximate surface area is 108 Å². The second-order valence-electron chi connectivity index (χ2n) is 6.20. The minimum Gasteiger partial charge on any atom is -0.460 e. The summed E-state index contributed by atoms with van der Waals surface area (Å²) in [6.45, 7) is 9.98. The van der Waals surface area contributed by atoms with E-state index in [0.29, 0.717) is 0 Å². The highest BCUT2D eigenvalue weighted by atomic mass is 16.6. The molecule has 18 heavy (non-hydrogen) atoms. The van der Waals surface area contributed by atoms with Gasteiger partial charge in [0, 0.05) is 0 Å². The fraction of sp³-hybridized carbons (Fsp3) is 0.846. The summed E-state index contributed by atoms with van der Waals surface area (Å²) in [6, 6.07) is 0. The van der Waals surface area contributed by atoms with E-state index in [9.17, 15) is 9.59 Å². The zero-order chi connectivity index (χ0) is 14.6. The number of carbonyl (C=O) groups excluding carboxylic acids is 2. The van der Waals surface area contributed by atoms with Crippen LogP contribution < -0.4 is 0 Å². The molecule has 0 saturated heterocycles. The summed E-state index contributed by atoms with van der Waals surface area (Å²) in [7, 11) is 0. The highest BCUT2D eigenvalue weighted by molar-refractivity contribution is 5.80. The molecule has 0 aromatic rings. The number of rotatable bonds is 4. The Hall–Kier alpha value is -1.10. The standard InChI is InChI=1S/C13H24O5/c1-12(2,3)17-10(15)7-9(8-14)11(16)18-13(4,5)6/h9,14H,7-8H2,1-6H3. The van der Waals surface area contributed by atoms with Crippen molar-refractivity contribution < 1.29 is 24.2 Å². The molecule has 0 aliphatic heterocycles. The maximum atomic E-state index is 11.7. The first-order valence-electron chi connectivity index (χ1n) is 6.00. The van der Waals surface area contributed by atoms with Crippen LogP contribution in [0.1, 0.15) is 48.0 Å². The highest BCUT2D eigenvalue weighted by Crippen LogP contribution is 2.16. The molecule has 0 fully saturated rings. The van der Waals surface area contributed by atoms with Gasteiger partial charge in [-0.25, -0.2) is 0 Å². The number of ether oxygens (including phenoxy) is 2. The Balaban J connectivity index is 4.44. The van der Waals surface area contributed by atoms with Gasteiger partial charge in [0.05, 0.1) is 18.9 Å². The molecule has 0 aliphatic rings. The monoisotopic (exact) mass is 260 g/mol. The van der Waals surface area contributed by atoms with E-state index >= 15 is 0 Å². The number of hydrogen-bond donors (Lipinski definition) is 1. The van der Waals surface area contributed by atoms with E-state index in [1.165, 1.54) is 0 Å². The molecule has 0 radical (unpaired) electrons. The van der Waals surface area contributed by atoms with Crippen molar-refractivity contribution >= 4 is 11.9 Å². The minimum absolute atomic E-state index is 0.178. The van der Waals surface area contributed by atoms with Gasteiger partial charge in [0.15, 0.2) is 0 Å². The zero-order valence-electron chi connectivity index (χ0n) is 12.1. The van der Waals surface area contributed by atoms with Crippen LogP contribution in [0.4, 0.5) is 0 Å². The first-order chi connectivity index (χ1) is 7.94. The third kappa shape index (κ3) is 8.06. The SMILES string of the molecule is CC(C)(C)OC(=O)CC(CO)C(=O)OC(C)(C)C. The molecule has 1 N–H and O–H groups in total. The fourth-order valence-corrected chi connectivity index (χ4v) is 1.19. The van der Waals surface area contributed by atoms with Gasteiger partial charge in [-0.15, -0.1) is 0 Å². The van der Waals surface area contributed by atoms with Gasteiger partial charge in [-0.2, -0.15) is 0 Å². The second-order valence-corrected chi connectivity index (χ2v) is 6.20. The maximum absolute atomic E-state index is 11.7. The molecule has 0 aromatic carbocycles. The van der Waals surface area contributed by atoms with E-state index in [0.717, 1.165) is 0 Å². The van der Waals surface area contributed by atoms with Gasteiger partial charge in [0.2, 0.25) is 0 Å². The summed E-state index contributed by atoms with van der Waals surface area (Å²) in [5.41, 5.74) is -1.25. The van der Waals surface area contributed by atoms with Gasteiger partial charge in [-0.3, -0.25) is 9.59 Å². The van der Waals surface area contributed by atoms with Crippen LogP contribution in [-0.4, -0.2) is 34.9 Å². The summed E-state index contributed by atoms with van der Waals surface area (Å²) in [4.78, 5) is 23.3. The van der Waals surface area contributed by atoms with Gasteiger partial charge in [0.1, 0.15) is 11.2 Å². The van der Waals surface area contributed by atoms with Gasteiger partial charge in [-0.05, 0) is 41.5 Å². The van der Waals surface area contributed by atoms with Crippen molar-refractivity contribution in [2.45, 2.75) is 59.2 Å². The van der Waals surface area contributed by atoms with E-state index in [-0.39, 0.29) is 6.42 Å². The summed E-state index contributed by atoms with van der Waals surface area (Å²) < 4.78 is 10.2. The molecule has 0 rings (SSSR count). The predicted octanol–water partition coefficient (Wildman–Crippen LogP) is 1.67. The molecule has 5 heteroatoms. The van der Waals surface area contributed by atoms with Crippen molar-refractivity contribution in [2.75, 3.05) is 6.61 Å². The molecule has 5 nitrogen and oxygen atoms in total. The van der Waals surface area contributed by atoms with E-state index in [1.807, 2.05) is 0 Å². The number of aliphatic hydroxyl groups is 1. The molecule has 1 unspecified atom stereocenters. The van der Waals surface area contributed by atoms with Crippen LogP contribution in [-0.2, 0) is 19.1 Å². The van der Waals surface area contributed by atoms with Crippen LogP contribution >= 0.6 is 0 Å². The predicted molar refractivity (Wildman–Crippen MR) is 66.9 cm³/mol. The molecule has 1 atom stereocenters. The lowest BCUT2D eigenvalue weighted by Crippen LogP contribution is -2.33. The van der Waals surface area contributed by atoms with E-state index in [1.54, 1.807) is 41.5 Å². The van der Waals surface area contributed by atoms with E-state index in [4.69, 9.17) is 14.6 Å². The molecule has 0 saturated carbocycles. The van der Waals surface area contributed by atoms with E-state index < -0.39 is 35.7 Å². The van der Waals surface area contributed by atoms with Gasteiger partial charge in [-0.1, -0.05) is 0 Å². The van der Waals surface area contributed by atoms with Crippen LogP contribution in [0.15, 0.2) is 0 Å². The fourth-order valence-electron chi connectivity index (χ4n) is 1.19. The minimum atomic E-state index is -0.876. The van der Waals surface area contributed by atoms with Crippen molar-refractivity contribution in [1.82, 2.24) is 0 Å². The average molecular weight is 260 g/mol. The van der Waals surface area contributed by atoms with Gasteiger partial charge < -0.3 is 14.6 Å². The molecule has 0 aliphatic carbocycles. The highest BCUT2D eigenvalue weighted by Gasteiger charge is 2.28. The van der Waals surface area contributed by atoms with Crippen molar-refractivity contribution in [3.8, 4) is 0 Å². The smallest absolute Gasteiger partial charge is 0.312 e. The largest absolute Gasteiger partial charge is 0.460 e. The number of carbonyl (C=O) groups is 2. The molecule has 0 bridgehead atoms. The summed E-state index contributed by atoms with van der Waals surface area (Å²) in [5.74, 6) is -1.98. The van der Waals surface area contributed by atoms with Crippen LogP contribution in [0.25, 0.3) is 0 Å². The molecule has 106 valence electrons. The van der Waals surface area contributed by atoms with Crippen LogP contribution in [0.5, 0.6) is 0 Å². The van der Waals surface area contributed by atoms with Crippen molar-refractivity contribution in [2.24, 2.45) is 5.92 Å². The summed E-state index contributed by atoms with van der Waals surface area (Å²) in [6.07, 6.45) is -0.178. The molecule has 0 heterocycles. The molecular weight excluding hydrogens is 236 g/mol. The van der Waals surface area contributed by atoms with Crippen molar-refractivity contribution in [3.63, 3.8) is 0 Å². The first kappa shape index (κ1) is 16.9. The normalized spacial score (nSPS) is 13.9. The lowest BCUT2D eigenvalue weighted by Gasteiger charge is -2.24. The first-order valence-corrected chi connectivity index (χ1v) is 6.00. The van der Waals surface area contributed by atoms with Crippen molar-refractivity contribution in [3.05, 3.63) is 0 Å². The number of aliphatic hydroxyl groups excluding tert-OH is 1. The van der Waals surface area contributed by atoms with Gasteiger partial charge in [0.25, 0.3) is 0 Å². The molecule has 0 aromatic heterocycles. The number of esters is 2. The van der Waals surface area contributed by atoms with Crippen LogP contribution in [0.3, 0.4) is 0 Å². The Morgan fingerprint density at radius 1 is 1.00 bits per heavy atom. The molecule has 0 spiro atoms. The number of hydrogen-bond acceptors (Lipinski definition) is 5. The molecule has 0 amide bonds. The summed E-state index contributed by atoms with van der Waals surface area (Å²) in [5, 5.41) is 9.13. The topological polar surface area (TPSA) is 72.8 Å². The van der Waals surface area contributed by atoms with Crippen LogP contribution in [0.2, 0.25) is 0 Å². The third-order valence-electron chi connectivity index (χ3n) is 1.79. The Kier molecular flexibility index (Phi) is 5.80. The Morgan fingerprint density at radius 2 is 1.44 bits per heavy atom. The lowest BCUT2D eigenvalue weighted by molar-refractivity contribution is -0.168. The summed E-state index contributed by atoms with van der Waals surface area (Å²) >= 11 is 0. The van der Waals surface area contributed by atoms with E-state index in [2.05, 4.69) is 0 Å². The maximum Gasteiger partial charge on any atom is 0.312 e. The zero-order valence-corrected chi connectivity index (χ0v) is 12.1. The Morgan fingerprint density at radius 3 is 1.78 bits per heavy atom. The van der Waals surface area contributed by atoms with Crippen molar-refractivity contribution in [1.29, 1.82) is 0 Å². The lowest BCUT2D eigenvalue weighted by atomic mass is 10.1. The van der Waals surface area contributed by atoms with Gasteiger partial charge >= 0.3 is 11.9 Å². The van der Waals surface area contributed by atoms with Crippen LogP contribution in [0, 0.1) is 5.92 Å². The average Bonchev–Trinajstić information content (AvgIpc) is 2.07. The molecular formula is C13H24O5.